The number of pyridine rings is 1. The van der Waals surface area contributed by atoms with Crippen LogP contribution < -0.4 is 10.5 Å². The zero-order valence-electron chi connectivity index (χ0n) is 15.9. The van der Waals surface area contributed by atoms with Gasteiger partial charge in [-0.25, -0.2) is 0 Å². The summed E-state index contributed by atoms with van der Waals surface area (Å²) in [5, 5.41) is 7.31. The molecule has 3 rings (SSSR count). The summed E-state index contributed by atoms with van der Waals surface area (Å²) in [6.07, 6.45) is 6.41. The van der Waals surface area contributed by atoms with Crippen molar-refractivity contribution in [2.45, 2.75) is 45.8 Å². The third kappa shape index (κ3) is 2.61. The maximum Gasteiger partial charge on any atom is 0.0776 e. The number of fused-ring (bicyclic) bond motifs is 3. The van der Waals surface area contributed by atoms with Crippen molar-refractivity contribution in [3.63, 3.8) is 0 Å². The second-order valence-electron chi connectivity index (χ2n) is 8.37. The van der Waals surface area contributed by atoms with E-state index in [9.17, 15) is 0 Å². The third-order valence-electron chi connectivity index (χ3n) is 5.15. The Balaban J connectivity index is 2.39. The Kier molecular flexibility index (Phi) is 3.95. The molecule has 0 bridgehead atoms. The fourth-order valence-electron chi connectivity index (χ4n) is 3.61. The van der Waals surface area contributed by atoms with Gasteiger partial charge in [0.05, 0.1) is 13.8 Å². The van der Waals surface area contributed by atoms with Crippen molar-refractivity contribution in [2.75, 3.05) is 7.05 Å². The number of hydrogen-bond donors (Lipinski definition) is 1. The largest absolute Gasteiger partial charge is 0.394 e. The molecule has 0 radical (unpaired) electrons. The lowest BCUT2D eigenvalue weighted by atomic mass is 9.70. The average molecular weight is 337 g/mol. The predicted octanol–water partition coefficient (Wildman–Crippen LogP) is 4.58. The Morgan fingerprint density at radius 2 is 1.88 bits per heavy atom. The zero-order valence-corrected chi connectivity index (χ0v) is 16.9. The molecule has 24 heavy (non-hydrogen) atoms. The van der Waals surface area contributed by atoms with Crippen molar-refractivity contribution in [3.05, 3.63) is 53.5 Å². The molecule has 126 valence electrons. The Morgan fingerprint density at radius 1 is 1.17 bits per heavy atom. The highest BCUT2D eigenvalue weighted by molar-refractivity contribution is 6.88. The van der Waals surface area contributed by atoms with E-state index in [1.807, 2.05) is 13.2 Å². The van der Waals surface area contributed by atoms with Crippen molar-refractivity contribution in [3.8, 4) is 0 Å². The molecule has 0 spiro atoms. The molecular formula is C21H28N2Si. The molecule has 3 heteroatoms. The fraction of sp³-hybridized carbons (Fsp3) is 0.381. The fourth-order valence-corrected chi connectivity index (χ4v) is 4.77. The van der Waals surface area contributed by atoms with Crippen molar-refractivity contribution < 1.29 is 0 Å². The normalized spacial score (nSPS) is 18.5. The quantitative estimate of drug-likeness (QED) is 0.812. The van der Waals surface area contributed by atoms with E-state index in [1.54, 1.807) is 0 Å². The van der Waals surface area contributed by atoms with E-state index in [0.717, 1.165) is 5.69 Å². The highest BCUT2D eigenvalue weighted by Crippen LogP contribution is 2.44. The molecule has 1 heterocycles. The first-order chi connectivity index (χ1) is 11.2. The molecule has 1 aromatic carbocycles. The standard InChI is InChI=1S/C21H28N2Si/c1-14-10-16(13-22-4)21(2,3)19-18-11-17(24(5,6)7)9-8-15(18)12-23-20(14)19/h8-13,22H,1-7H3/b16-13+. The van der Waals surface area contributed by atoms with Gasteiger partial charge in [0.2, 0.25) is 0 Å². The SMILES string of the molecule is CN/C=C1\C=C(C)c2ncc3ccc([Si](C)(C)C)cc3c2C1(C)C. The Hall–Kier alpha value is -1.87. The molecule has 1 aliphatic rings. The molecule has 1 N–H and O–H groups in total. The second-order valence-corrected chi connectivity index (χ2v) is 13.5. The molecular weight excluding hydrogens is 308 g/mol. The monoisotopic (exact) mass is 336 g/mol. The first-order valence-electron chi connectivity index (χ1n) is 8.66. The highest BCUT2D eigenvalue weighted by Gasteiger charge is 2.34. The Labute approximate surface area is 146 Å². The van der Waals surface area contributed by atoms with Crippen molar-refractivity contribution in [1.82, 2.24) is 10.3 Å². The molecule has 0 saturated carbocycles. The molecule has 0 aliphatic heterocycles. The van der Waals surface area contributed by atoms with Gasteiger partial charge in [-0.3, -0.25) is 4.98 Å². The van der Waals surface area contributed by atoms with Crippen LogP contribution in [-0.2, 0) is 5.41 Å². The van der Waals surface area contributed by atoms with E-state index < -0.39 is 8.07 Å². The van der Waals surface area contributed by atoms with E-state index in [-0.39, 0.29) is 5.41 Å². The number of benzene rings is 1. The molecule has 0 fully saturated rings. The van der Waals surface area contributed by atoms with Crippen LogP contribution in [0, 0.1) is 0 Å². The van der Waals surface area contributed by atoms with E-state index in [1.165, 1.54) is 32.7 Å². The summed E-state index contributed by atoms with van der Waals surface area (Å²) < 4.78 is 0. The summed E-state index contributed by atoms with van der Waals surface area (Å²) in [4.78, 5) is 4.81. The van der Waals surface area contributed by atoms with Crippen LogP contribution in [0.25, 0.3) is 16.3 Å². The molecule has 1 aromatic heterocycles. The van der Waals surface area contributed by atoms with Gasteiger partial charge in [0, 0.05) is 30.2 Å². The van der Waals surface area contributed by atoms with Gasteiger partial charge >= 0.3 is 0 Å². The van der Waals surface area contributed by atoms with E-state index in [4.69, 9.17) is 4.98 Å². The highest BCUT2D eigenvalue weighted by atomic mass is 28.3. The maximum atomic E-state index is 4.81. The third-order valence-corrected chi connectivity index (χ3v) is 7.19. The summed E-state index contributed by atoms with van der Waals surface area (Å²) in [6, 6.07) is 6.98. The van der Waals surface area contributed by atoms with E-state index in [0.29, 0.717) is 0 Å². The first-order valence-corrected chi connectivity index (χ1v) is 12.2. The summed E-state index contributed by atoms with van der Waals surface area (Å²) >= 11 is 0. The number of hydrogen-bond acceptors (Lipinski definition) is 2. The van der Waals surface area contributed by atoms with Gasteiger partial charge in [0.15, 0.2) is 0 Å². The van der Waals surface area contributed by atoms with Crippen molar-refractivity contribution >= 4 is 29.6 Å². The van der Waals surface area contributed by atoms with Gasteiger partial charge in [-0.1, -0.05) is 63.0 Å². The number of nitrogens with zero attached hydrogens (tertiary/aromatic N) is 1. The summed E-state index contributed by atoms with van der Waals surface area (Å²) in [7, 11) is 0.611. The summed E-state index contributed by atoms with van der Waals surface area (Å²) in [5.41, 5.74) is 4.99. The maximum absolute atomic E-state index is 4.81. The summed E-state index contributed by atoms with van der Waals surface area (Å²) in [6.45, 7) is 14.0. The van der Waals surface area contributed by atoms with Crippen LogP contribution in [0.15, 0.2) is 42.2 Å². The van der Waals surface area contributed by atoms with Gasteiger partial charge in [0.25, 0.3) is 0 Å². The molecule has 0 atom stereocenters. The molecule has 2 nitrogen and oxygen atoms in total. The van der Waals surface area contributed by atoms with Gasteiger partial charge in [-0.05, 0) is 29.0 Å². The minimum Gasteiger partial charge on any atom is -0.394 e. The average Bonchev–Trinajstić information content (AvgIpc) is 2.50. The van der Waals surface area contributed by atoms with Crippen molar-refractivity contribution in [1.29, 1.82) is 0 Å². The van der Waals surface area contributed by atoms with Gasteiger partial charge in [-0.2, -0.15) is 0 Å². The Bertz CT molecular complexity index is 867. The number of nitrogens with one attached hydrogen (secondary N) is 1. The van der Waals surface area contributed by atoms with E-state index >= 15 is 0 Å². The van der Waals surface area contributed by atoms with Gasteiger partial charge in [-0.15, -0.1) is 0 Å². The Morgan fingerprint density at radius 3 is 2.50 bits per heavy atom. The summed E-state index contributed by atoms with van der Waals surface area (Å²) in [5.74, 6) is 0. The lowest BCUT2D eigenvalue weighted by Gasteiger charge is -2.34. The second kappa shape index (κ2) is 5.59. The predicted molar refractivity (Wildman–Crippen MR) is 109 cm³/mol. The van der Waals surface area contributed by atoms with Crippen LogP contribution >= 0.6 is 0 Å². The van der Waals surface area contributed by atoms with Crippen LogP contribution in [0.4, 0.5) is 0 Å². The van der Waals surface area contributed by atoms with Crippen molar-refractivity contribution in [2.24, 2.45) is 0 Å². The molecule has 1 aliphatic carbocycles. The molecule has 0 unspecified atom stereocenters. The molecule has 0 amide bonds. The molecule has 2 aromatic rings. The van der Waals surface area contributed by atoms with Crippen LogP contribution in [0.5, 0.6) is 0 Å². The first kappa shape index (κ1) is 17.0. The number of aromatic nitrogens is 1. The topological polar surface area (TPSA) is 24.9 Å². The van der Waals surface area contributed by atoms with Gasteiger partial charge < -0.3 is 5.32 Å². The van der Waals surface area contributed by atoms with Crippen LogP contribution in [0.2, 0.25) is 19.6 Å². The molecule has 0 saturated heterocycles. The van der Waals surface area contributed by atoms with Crippen LogP contribution in [-0.4, -0.2) is 20.1 Å². The lowest BCUT2D eigenvalue weighted by Crippen LogP contribution is -2.37. The van der Waals surface area contributed by atoms with Crippen LogP contribution in [0.1, 0.15) is 32.0 Å². The zero-order chi connectivity index (χ0) is 17.7. The minimum absolute atomic E-state index is 0.0670. The smallest absolute Gasteiger partial charge is 0.0776 e. The number of allylic oxidation sites excluding steroid dienone is 3. The van der Waals surface area contributed by atoms with E-state index in [2.05, 4.69) is 76.2 Å². The minimum atomic E-state index is -1.35. The lowest BCUT2D eigenvalue weighted by molar-refractivity contribution is 0.629. The van der Waals surface area contributed by atoms with Crippen LogP contribution in [0.3, 0.4) is 0 Å². The van der Waals surface area contributed by atoms with Gasteiger partial charge in [0.1, 0.15) is 0 Å². The number of rotatable bonds is 2.